The van der Waals surface area contributed by atoms with E-state index in [0.717, 1.165) is 30.6 Å². The lowest BCUT2D eigenvalue weighted by Gasteiger charge is -2.28. The van der Waals surface area contributed by atoms with E-state index in [-0.39, 0.29) is 17.9 Å². The van der Waals surface area contributed by atoms with Crippen LogP contribution in [0.1, 0.15) is 18.4 Å². The third kappa shape index (κ3) is 1.50. The van der Waals surface area contributed by atoms with Crippen LogP contribution < -0.4 is 5.32 Å². The monoisotopic (exact) mass is 286 g/mol. The van der Waals surface area contributed by atoms with Crippen LogP contribution in [0.2, 0.25) is 0 Å². The van der Waals surface area contributed by atoms with Crippen LogP contribution in [0.25, 0.3) is 0 Å². The Bertz CT molecular complexity index is 630. The minimum absolute atomic E-state index is 0.0616. The van der Waals surface area contributed by atoms with E-state index in [1.165, 1.54) is 7.11 Å². The van der Waals surface area contributed by atoms with Gasteiger partial charge in [0.05, 0.1) is 13.0 Å². The molecule has 3 aliphatic heterocycles. The average molecular weight is 286 g/mol. The summed E-state index contributed by atoms with van der Waals surface area (Å²) >= 11 is 0. The molecule has 0 bridgehead atoms. The fourth-order valence-corrected chi connectivity index (χ4v) is 4.46. The quantitative estimate of drug-likeness (QED) is 0.787. The molecule has 1 aromatic carbocycles. The van der Waals surface area contributed by atoms with E-state index in [4.69, 9.17) is 4.74 Å². The summed E-state index contributed by atoms with van der Waals surface area (Å²) in [7, 11) is 1.41. The molecule has 2 saturated heterocycles. The lowest BCUT2D eigenvalue weighted by Crippen LogP contribution is -2.47. The number of esters is 1. The Labute approximate surface area is 123 Å². The van der Waals surface area contributed by atoms with Crippen molar-refractivity contribution in [1.29, 1.82) is 0 Å². The van der Waals surface area contributed by atoms with Crippen LogP contribution in [0.5, 0.6) is 0 Å². The van der Waals surface area contributed by atoms with E-state index in [1.807, 2.05) is 24.3 Å². The molecule has 0 radical (unpaired) electrons. The number of anilines is 1. The average Bonchev–Trinajstić information content (AvgIpc) is 3.12. The van der Waals surface area contributed by atoms with Gasteiger partial charge in [0.2, 0.25) is 5.91 Å². The molecule has 110 valence electrons. The van der Waals surface area contributed by atoms with Crippen molar-refractivity contribution in [2.75, 3.05) is 25.5 Å². The molecule has 21 heavy (non-hydrogen) atoms. The van der Waals surface area contributed by atoms with E-state index in [1.54, 1.807) is 0 Å². The van der Waals surface area contributed by atoms with Gasteiger partial charge in [-0.3, -0.25) is 14.5 Å². The van der Waals surface area contributed by atoms with Gasteiger partial charge in [0.25, 0.3) is 0 Å². The number of hydrogen-bond donors (Lipinski definition) is 1. The third-order valence-electron chi connectivity index (χ3n) is 5.30. The number of para-hydroxylation sites is 1. The number of rotatable bonds is 1. The summed E-state index contributed by atoms with van der Waals surface area (Å²) < 4.78 is 5.05. The molecule has 0 unspecified atom stereocenters. The molecule has 0 aromatic heterocycles. The first kappa shape index (κ1) is 12.8. The zero-order valence-corrected chi connectivity index (χ0v) is 12.0. The summed E-state index contributed by atoms with van der Waals surface area (Å²) in [6, 6.07) is 7.82. The van der Waals surface area contributed by atoms with Crippen molar-refractivity contribution < 1.29 is 14.3 Å². The molecule has 1 aromatic rings. The molecule has 5 heteroatoms. The molecule has 3 aliphatic rings. The Hall–Kier alpha value is -1.88. The number of carbonyl (C=O) groups is 2. The second-order valence-corrected chi connectivity index (χ2v) is 6.15. The normalized spacial score (nSPS) is 33.9. The Morgan fingerprint density at radius 1 is 1.43 bits per heavy atom. The number of methoxy groups -OCH3 is 1. The number of fused-ring (bicyclic) bond motifs is 3. The maximum Gasteiger partial charge on any atom is 0.311 e. The van der Waals surface area contributed by atoms with Crippen LogP contribution in [0, 0.1) is 5.92 Å². The van der Waals surface area contributed by atoms with Gasteiger partial charge in [0.1, 0.15) is 5.41 Å². The first-order valence-corrected chi connectivity index (χ1v) is 7.41. The highest BCUT2D eigenvalue weighted by molar-refractivity contribution is 6.09. The van der Waals surface area contributed by atoms with Gasteiger partial charge in [-0.05, 0) is 31.0 Å². The Morgan fingerprint density at radius 2 is 2.24 bits per heavy atom. The van der Waals surface area contributed by atoms with E-state index in [0.29, 0.717) is 6.54 Å². The standard InChI is InChI=1S/C16H18N2O3/c1-21-14(19)13-12-7-4-8-18(12)9-16(13)10-5-2-3-6-11(10)17-15(16)20/h2-3,5-6,12-13H,4,7-9H2,1H3,(H,17,20)/t12-,13+,16-/m1/s1. The van der Waals surface area contributed by atoms with Gasteiger partial charge in [-0.25, -0.2) is 0 Å². The maximum atomic E-state index is 12.8. The number of carbonyl (C=O) groups excluding carboxylic acids is 2. The van der Waals surface area contributed by atoms with Gasteiger partial charge < -0.3 is 10.1 Å². The number of hydrogen-bond acceptors (Lipinski definition) is 4. The number of amides is 1. The van der Waals surface area contributed by atoms with E-state index < -0.39 is 11.3 Å². The second-order valence-electron chi connectivity index (χ2n) is 6.15. The smallest absolute Gasteiger partial charge is 0.311 e. The molecule has 1 N–H and O–H groups in total. The lowest BCUT2D eigenvalue weighted by atomic mass is 9.70. The molecule has 1 amide bonds. The summed E-state index contributed by atoms with van der Waals surface area (Å²) in [6.07, 6.45) is 2.04. The van der Waals surface area contributed by atoms with Crippen LogP contribution in [-0.2, 0) is 19.7 Å². The van der Waals surface area contributed by atoms with Crippen LogP contribution in [-0.4, -0.2) is 43.0 Å². The van der Waals surface area contributed by atoms with Crippen LogP contribution >= 0.6 is 0 Å². The molecule has 3 heterocycles. The van der Waals surface area contributed by atoms with Gasteiger partial charge >= 0.3 is 5.97 Å². The molecular weight excluding hydrogens is 268 g/mol. The summed E-state index contributed by atoms with van der Waals surface area (Å²) in [5.41, 5.74) is 0.992. The van der Waals surface area contributed by atoms with Crippen molar-refractivity contribution in [2.45, 2.75) is 24.3 Å². The van der Waals surface area contributed by atoms with Crippen LogP contribution in [0.15, 0.2) is 24.3 Å². The van der Waals surface area contributed by atoms with Gasteiger partial charge in [-0.2, -0.15) is 0 Å². The Kier molecular flexibility index (Phi) is 2.63. The molecule has 0 aliphatic carbocycles. The van der Waals surface area contributed by atoms with E-state index >= 15 is 0 Å². The van der Waals surface area contributed by atoms with Crippen molar-refractivity contribution in [3.05, 3.63) is 29.8 Å². The molecule has 1 spiro atoms. The number of nitrogens with zero attached hydrogens (tertiary/aromatic N) is 1. The summed E-state index contributed by atoms with van der Waals surface area (Å²) in [4.78, 5) is 27.5. The van der Waals surface area contributed by atoms with Gasteiger partial charge in [-0.1, -0.05) is 18.2 Å². The zero-order chi connectivity index (χ0) is 14.6. The van der Waals surface area contributed by atoms with E-state index in [2.05, 4.69) is 10.2 Å². The predicted molar refractivity (Wildman–Crippen MR) is 76.9 cm³/mol. The fraction of sp³-hybridized carbons (Fsp3) is 0.500. The molecule has 5 nitrogen and oxygen atoms in total. The fourth-order valence-electron chi connectivity index (χ4n) is 4.46. The number of nitrogens with one attached hydrogen (secondary N) is 1. The SMILES string of the molecule is COC(=O)[C@@H]1[C@H]2CCCN2C[C@]12C(=O)Nc1ccccc12. The van der Waals surface area contributed by atoms with Crippen LogP contribution in [0.4, 0.5) is 5.69 Å². The summed E-state index contributed by atoms with van der Waals surface area (Å²) in [6.45, 7) is 1.57. The van der Waals surface area contributed by atoms with Gasteiger partial charge in [-0.15, -0.1) is 0 Å². The van der Waals surface area contributed by atoms with Gasteiger partial charge in [0, 0.05) is 18.3 Å². The predicted octanol–water partition coefficient (Wildman–Crippen LogP) is 1.14. The Balaban J connectivity index is 1.89. The number of ether oxygens (including phenoxy) is 1. The third-order valence-corrected chi connectivity index (χ3v) is 5.30. The molecule has 3 atom stereocenters. The highest BCUT2D eigenvalue weighted by atomic mass is 16.5. The molecule has 4 rings (SSSR count). The van der Waals surface area contributed by atoms with Gasteiger partial charge in [0.15, 0.2) is 0 Å². The minimum atomic E-state index is -0.783. The van der Waals surface area contributed by atoms with Crippen molar-refractivity contribution in [1.82, 2.24) is 4.90 Å². The van der Waals surface area contributed by atoms with Crippen molar-refractivity contribution in [3.8, 4) is 0 Å². The highest BCUT2D eigenvalue weighted by Gasteiger charge is 2.64. The molecular formula is C16H18N2O3. The lowest BCUT2D eigenvalue weighted by molar-refractivity contribution is -0.150. The molecule has 0 saturated carbocycles. The summed E-state index contributed by atoms with van der Waals surface area (Å²) in [5, 5.41) is 2.96. The molecule has 2 fully saturated rings. The Morgan fingerprint density at radius 3 is 3.05 bits per heavy atom. The second kappa shape index (κ2) is 4.31. The minimum Gasteiger partial charge on any atom is -0.469 e. The van der Waals surface area contributed by atoms with Crippen molar-refractivity contribution in [2.24, 2.45) is 5.92 Å². The zero-order valence-electron chi connectivity index (χ0n) is 12.0. The largest absolute Gasteiger partial charge is 0.469 e. The first-order valence-electron chi connectivity index (χ1n) is 7.41. The first-order chi connectivity index (χ1) is 10.2. The van der Waals surface area contributed by atoms with Crippen molar-refractivity contribution in [3.63, 3.8) is 0 Å². The topological polar surface area (TPSA) is 58.6 Å². The summed E-state index contributed by atoms with van der Waals surface area (Å²) in [5.74, 6) is -0.738. The highest BCUT2D eigenvalue weighted by Crippen LogP contribution is 2.52. The number of benzene rings is 1. The van der Waals surface area contributed by atoms with Crippen molar-refractivity contribution >= 4 is 17.6 Å². The van der Waals surface area contributed by atoms with E-state index in [9.17, 15) is 9.59 Å². The maximum absolute atomic E-state index is 12.8. The van der Waals surface area contributed by atoms with Crippen LogP contribution in [0.3, 0.4) is 0 Å².